The van der Waals surface area contributed by atoms with Crippen LogP contribution in [-0.4, -0.2) is 59.2 Å². The van der Waals surface area contributed by atoms with Crippen LogP contribution in [-0.2, 0) is 45.1 Å². The summed E-state index contributed by atoms with van der Waals surface area (Å²) in [5.74, 6) is -1.36. The Morgan fingerprint density at radius 1 is 0.895 bits per heavy atom. The molecule has 57 heavy (non-hydrogen) atoms. The lowest BCUT2D eigenvalue weighted by Gasteiger charge is -2.21. The van der Waals surface area contributed by atoms with E-state index in [2.05, 4.69) is 37.8 Å². The van der Waals surface area contributed by atoms with Crippen molar-refractivity contribution in [2.75, 3.05) is 0 Å². The number of halogens is 1. The molecular weight excluding hydrogens is 742 g/mol. The fourth-order valence-electron chi connectivity index (χ4n) is 6.74. The number of aromatic nitrogens is 6. The molecule has 13 heteroatoms. The number of nitrogens with zero attached hydrogens (tertiary/aromatic N) is 5. The average molecular weight is 788 g/mol. The van der Waals surface area contributed by atoms with Gasteiger partial charge in [0.05, 0.1) is 18.0 Å². The smallest absolute Gasteiger partial charge is 0.306 e. The van der Waals surface area contributed by atoms with E-state index < -0.39 is 23.9 Å². The Balaban J connectivity index is 1.11. The molecule has 294 valence electrons. The van der Waals surface area contributed by atoms with Crippen molar-refractivity contribution in [3.05, 3.63) is 131 Å². The standard InChI is InChI=1S/C44H46ClN7O5/c1-3-4-15-39-47-42(45)38(52(39)27-35-21-20-34(32-13-9-6-10-14-32)26-37(35)43-48-50-51-49-43)28-57-41(54)23-22-40(53)46-36(24-29(2)44(55)56)25-30-16-18-33(19-17-30)31-11-7-5-8-12-31/h5-14,16-21,26,29,36H,3-4,15,22-25,27-28H2,1-2H3,(H,46,53)(H,55,56)(H,48,49,50,51)/t29-,36+/m1/s1. The van der Waals surface area contributed by atoms with Crippen molar-refractivity contribution in [2.45, 2.75) is 78.0 Å². The molecule has 1 amide bonds. The normalized spacial score (nSPS) is 12.2. The zero-order valence-electron chi connectivity index (χ0n) is 32.0. The molecule has 0 aliphatic rings. The molecule has 3 N–H and O–H groups in total. The number of benzene rings is 4. The maximum atomic E-state index is 13.2. The number of hydrogen-bond donors (Lipinski definition) is 3. The highest BCUT2D eigenvalue weighted by molar-refractivity contribution is 6.30. The number of carbonyl (C=O) groups excluding carboxylic acids is 2. The van der Waals surface area contributed by atoms with Gasteiger partial charge in [-0.05, 0) is 63.9 Å². The lowest BCUT2D eigenvalue weighted by atomic mass is 9.95. The van der Waals surface area contributed by atoms with Gasteiger partial charge in [-0.25, -0.2) is 4.98 Å². The van der Waals surface area contributed by atoms with Gasteiger partial charge >= 0.3 is 11.9 Å². The number of aromatic amines is 1. The summed E-state index contributed by atoms with van der Waals surface area (Å²) in [7, 11) is 0. The van der Waals surface area contributed by atoms with E-state index in [9.17, 15) is 19.5 Å². The topological polar surface area (TPSA) is 165 Å². The summed E-state index contributed by atoms with van der Waals surface area (Å²) < 4.78 is 7.67. The SMILES string of the molecule is CCCCc1nc(Cl)c(COC(=O)CCC(=O)N[C@H](Cc2ccc(-c3ccccc3)cc2)C[C@@H](C)C(=O)O)n1Cc1ccc(-c2ccccc2)cc1-c1nn[nH]n1. The zero-order chi connectivity index (χ0) is 40.1. The number of unbranched alkanes of at least 4 members (excludes halogenated alkanes) is 1. The first kappa shape index (κ1) is 40.5. The van der Waals surface area contributed by atoms with Crippen LogP contribution in [0.3, 0.4) is 0 Å². The van der Waals surface area contributed by atoms with Gasteiger partial charge in [0, 0.05) is 31.0 Å². The minimum Gasteiger partial charge on any atom is -0.481 e. The molecule has 0 aliphatic carbocycles. The van der Waals surface area contributed by atoms with E-state index in [4.69, 9.17) is 16.3 Å². The number of imidazole rings is 1. The van der Waals surface area contributed by atoms with E-state index in [-0.39, 0.29) is 36.9 Å². The number of nitrogens with one attached hydrogen (secondary N) is 2. The van der Waals surface area contributed by atoms with Crippen LogP contribution in [0.5, 0.6) is 0 Å². The number of carboxylic acid groups (broad SMARTS) is 1. The molecule has 0 saturated carbocycles. The van der Waals surface area contributed by atoms with E-state index in [0.29, 0.717) is 30.9 Å². The fraction of sp³-hybridized carbons (Fsp3) is 0.295. The van der Waals surface area contributed by atoms with Gasteiger partial charge in [0.2, 0.25) is 11.7 Å². The van der Waals surface area contributed by atoms with Gasteiger partial charge in [-0.2, -0.15) is 5.21 Å². The molecule has 0 spiro atoms. The highest BCUT2D eigenvalue weighted by Crippen LogP contribution is 2.30. The van der Waals surface area contributed by atoms with Crippen LogP contribution in [0.1, 0.15) is 68.6 Å². The van der Waals surface area contributed by atoms with Crippen LogP contribution < -0.4 is 5.32 Å². The van der Waals surface area contributed by atoms with E-state index in [1.807, 2.05) is 108 Å². The molecule has 6 aromatic rings. The van der Waals surface area contributed by atoms with Crippen molar-refractivity contribution in [1.29, 1.82) is 0 Å². The minimum absolute atomic E-state index is 0.125. The quantitative estimate of drug-likeness (QED) is 0.0688. The third kappa shape index (κ3) is 11.0. The number of carbonyl (C=O) groups is 3. The fourth-order valence-corrected chi connectivity index (χ4v) is 6.99. The highest BCUT2D eigenvalue weighted by atomic mass is 35.5. The van der Waals surface area contributed by atoms with E-state index in [0.717, 1.165) is 57.6 Å². The van der Waals surface area contributed by atoms with Gasteiger partial charge in [0.25, 0.3) is 0 Å². The highest BCUT2D eigenvalue weighted by Gasteiger charge is 2.23. The molecule has 6 rings (SSSR count). The summed E-state index contributed by atoms with van der Waals surface area (Å²) in [4.78, 5) is 42.6. The lowest BCUT2D eigenvalue weighted by molar-refractivity contribution is -0.146. The van der Waals surface area contributed by atoms with E-state index >= 15 is 0 Å². The van der Waals surface area contributed by atoms with Crippen molar-refractivity contribution in [3.8, 4) is 33.6 Å². The van der Waals surface area contributed by atoms with Gasteiger partial charge in [0.1, 0.15) is 12.4 Å². The Kier molecular flexibility index (Phi) is 14.0. The second-order valence-corrected chi connectivity index (χ2v) is 14.5. The second-order valence-electron chi connectivity index (χ2n) is 14.1. The number of aryl methyl sites for hydroxylation is 1. The van der Waals surface area contributed by atoms with Gasteiger partial charge in [-0.15, -0.1) is 10.2 Å². The first-order valence-electron chi connectivity index (χ1n) is 19.2. The third-order valence-electron chi connectivity index (χ3n) is 9.88. The molecule has 0 unspecified atom stereocenters. The number of rotatable bonds is 19. The average Bonchev–Trinajstić information content (AvgIpc) is 3.87. The van der Waals surface area contributed by atoms with Crippen molar-refractivity contribution in [1.82, 2.24) is 35.5 Å². The Morgan fingerprint density at radius 2 is 1.56 bits per heavy atom. The van der Waals surface area contributed by atoms with Crippen LogP contribution >= 0.6 is 11.6 Å². The number of tetrazole rings is 1. The summed E-state index contributed by atoms with van der Waals surface area (Å²) in [6.45, 7) is 3.93. The molecule has 0 fully saturated rings. The maximum Gasteiger partial charge on any atom is 0.306 e. The molecule has 2 aromatic heterocycles. The third-order valence-corrected chi connectivity index (χ3v) is 10.2. The number of amides is 1. The summed E-state index contributed by atoms with van der Waals surface area (Å²) in [5.41, 5.74) is 7.36. The largest absolute Gasteiger partial charge is 0.481 e. The summed E-state index contributed by atoms with van der Waals surface area (Å²) >= 11 is 6.71. The molecular formula is C44H46ClN7O5. The van der Waals surface area contributed by atoms with Crippen molar-refractivity contribution >= 4 is 29.4 Å². The first-order chi connectivity index (χ1) is 27.7. The van der Waals surface area contributed by atoms with Crippen LogP contribution in [0.2, 0.25) is 5.15 Å². The number of H-pyrrole nitrogens is 1. The van der Waals surface area contributed by atoms with Crippen LogP contribution in [0, 0.1) is 5.92 Å². The predicted octanol–water partition coefficient (Wildman–Crippen LogP) is 8.10. The number of esters is 1. The van der Waals surface area contributed by atoms with E-state index in [1.165, 1.54) is 0 Å². The van der Waals surface area contributed by atoms with Gasteiger partial charge < -0.3 is 19.7 Å². The minimum atomic E-state index is -0.941. The Bertz CT molecular complexity index is 2240. The Hall–Kier alpha value is -6.14. The number of aliphatic carboxylic acids is 1. The summed E-state index contributed by atoms with van der Waals surface area (Å²) in [5, 5.41) is 27.7. The molecule has 2 atom stereocenters. The van der Waals surface area contributed by atoms with Gasteiger partial charge in [-0.3, -0.25) is 14.4 Å². The van der Waals surface area contributed by atoms with Crippen molar-refractivity contribution in [2.24, 2.45) is 5.92 Å². The number of hydrogen-bond acceptors (Lipinski definition) is 8. The molecule has 12 nitrogen and oxygen atoms in total. The monoisotopic (exact) mass is 787 g/mol. The summed E-state index contributed by atoms with van der Waals surface area (Å²) in [6.07, 6.45) is 2.89. The van der Waals surface area contributed by atoms with Crippen LogP contribution in [0.25, 0.3) is 33.6 Å². The number of carboxylic acids is 1. The molecule has 0 bridgehead atoms. The van der Waals surface area contributed by atoms with Gasteiger partial charge in [0.15, 0.2) is 5.15 Å². The Morgan fingerprint density at radius 3 is 2.21 bits per heavy atom. The molecule has 0 aliphatic heterocycles. The van der Waals surface area contributed by atoms with Gasteiger partial charge in [-0.1, -0.05) is 129 Å². The first-order valence-corrected chi connectivity index (χ1v) is 19.5. The number of ether oxygens (including phenoxy) is 1. The van der Waals surface area contributed by atoms with Crippen LogP contribution in [0.4, 0.5) is 0 Å². The summed E-state index contributed by atoms with van der Waals surface area (Å²) in [6, 6.07) is 33.6. The van der Waals surface area contributed by atoms with Crippen molar-refractivity contribution in [3.63, 3.8) is 0 Å². The molecule has 4 aromatic carbocycles. The molecule has 0 saturated heterocycles. The van der Waals surface area contributed by atoms with E-state index in [1.54, 1.807) is 6.92 Å². The molecule has 2 heterocycles. The Labute approximate surface area is 336 Å². The predicted molar refractivity (Wildman–Crippen MR) is 218 cm³/mol. The lowest BCUT2D eigenvalue weighted by Crippen LogP contribution is -2.38. The molecule has 0 radical (unpaired) electrons. The van der Waals surface area contributed by atoms with Crippen LogP contribution in [0.15, 0.2) is 103 Å². The second kappa shape index (κ2) is 19.6. The zero-order valence-corrected chi connectivity index (χ0v) is 32.8. The maximum absolute atomic E-state index is 13.2. The van der Waals surface area contributed by atoms with Crippen molar-refractivity contribution < 1.29 is 24.2 Å².